The maximum atomic E-state index is 13.2. The number of hydrogen-bond acceptors (Lipinski definition) is 15. The van der Waals surface area contributed by atoms with Crippen LogP contribution in [0, 0.1) is 0 Å². The van der Waals surface area contributed by atoms with E-state index in [1.54, 1.807) is 0 Å². The van der Waals surface area contributed by atoms with Gasteiger partial charge in [0.2, 0.25) is 0 Å². The van der Waals surface area contributed by atoms with Crippen LogP contribution in [0.3, 0.4) is 0 Å². The Morgan fingerprint density at radius 2 is 0.367 bits per heavy atom. The molecule has 5 atom stereocenters. The first-order valence-corrected chi connectivity index (χ1v) is 49.8. The van der Waals surface area contributed by atoms with E-state index in [4.69, 9.17) is 37.0 Å². The van der Waals surface area contributed by atoms with Gasteiger partial charge in [-0.05, 0) is 25.7 Å². The summed E-state index contributed by atoms with van der Waals surface area (Å²) in [5.74, 6) is -2.09. The van der Waals surface area contributed by atoms with E-state index >= 15 is 0 Å². The summed E-state index contributed by atoms with van der Waals surface area (Å²) in [5.41, 5.74) is 0. The van der Waals surface area contributed by atoms with Crippen molar-refractivity contribution in [3.05, 3.63) is 0 Å². The van der Waals surface area contributed by atoms with Crippen LogP contribution in [-0.2, 0) is 65.4 Å². The number of phosphoric ester groups is 2. The summed E-state index contributed by atoms with van der Waals surface area (Å²) in [6.45, 7) is 5.09. The number of rotatable bonds is 91. The monoisotopic (exact) mass is 1590 g/mol. The molecule has 0 rings (SSSR count). The Morgan fingerprint density at radius 1 is 0.220 bits per heavy atom. The molecular formula is C90H176O17P2. The summed E-state index contributed by atoms with van der Waals surface area (Å²) >= 11 is 0. The first-order valence-electron chi connectivity index (χ1n) is 46.8. The summed E-state index contributed by atoms with van der Waals surface area (Å²) in [6, 6.07) is 0. The number of hydrogen-bond donors (Lipinski definition) is 3. The molecule has 648 valence electrons. The highest BCUT2D eigenvalue weighted by Gasteiger charge is 2.30. The highest BCUT2D eigenvalue weighted by molar-refractivity contribution is 7.47. The van der Waals surface area contributed by atoms with E-state index in [0.29, 0.717) is 25.7 Å². The lowest BCUT2D eigenvalue weighted by Gasteiger charge is -2.21. The molecule has 0 aromatic rings. The van der Waals surface area contributed by atoms with Crippen molar-refractivity contribution in [1.29, 1.82) is 0 Å². The molecule has 19 heteroatoms. The number of ether oxygens (including phenoxy) is 4. The van der Waals surface area contributed by atoms with Gasteiger partial charge in [0, 0.05) is 25.7 Å². The quantitative estimate of drug-likeness (QED) is 0.0222. The lowest BCUT2D eigenvalue weighted by atomic mass is 10.0. The molecule has 2 unspecified atom stereocenters. The average Bonchev–Trinajstić information content (AvgIpc) is 0.899. The summed E-state index contributed by atoms with van der Waals surface area (Å²) < 4.78 is 69.1. The van der Waals surface area contributed by atoms with Crippen LogP contribution in [0.1, 0.15) is 496 Å². The Morgan fingerprint density at radius 3 is 0.541 bits per heavy atom. The van der Waals surface area contributed by atoms with E-state index in [-0.39, 0.29) is 25.7 Å². The van der Waals surface area contributed by atoms with E-state index in [0.717, 1.165) is 89.9 Å². The van der Waals surface area contributed by atoms with Crippen LogP contribution in [0.5, 0.6) is 0 Å². The molecule has 0 radical (unpaired) electrons. The number of esters is 4. The molecule has 0 amide bonds. The largest absolute Gasteiger partial charge is 0.472 e. The maximum absolute atomic E-state index is 13.2. The van der Waals surface area contributed by atoms with Gasteiger partial charge in [-0.25, -0.2) is 9.13 Å². The number of aliphatic hydroxyl groups excluding tert-OH is 1. The molecule has 0 aromatic heterocycles. The van der Waals surface area contributed by atoms with Gasteiger partial charge in [-0.1, -0.05) is 445 Å². The molecule has 109 heavy (non-hydrogen) atoms. The van der Waals surface area contributed by atoms with Crippen molar-refractivity contribution < 1.29 is 80.2 Å². The van der Waals surface area contributed by atoms with Crippen molar-refractivity contribution in [1.82, 2.24) is 0 Å². The third kappa shape index (κ3) is 83.8. The Labute approximate surface area is 670 Å². The van der Waals surface area contributed by atoms with Crippen molar-refractivity contribution in [2.24, 2.45) is 0 Å². The zero-order chi connectivity index (χ0) is 79.6. The molecule has 0 heterocycles. The van der Waals surface area contributed by atoms with E-state index in [9.17, 15) is 43.2 Å². The number of phosphoric acid groups is 2. The normalized spacial score (nSPS) is 13.6. The smallest absolute Gasteiger partial charge is 0.462 e. The Balaban J connectivity index is 5.25. The first kappa shape index (κ1) is 107. The number of aliphatic hydroxyl groups is 1. The van der Waals surface area contributed by atoms with Gasteiger partial charge < -0.3 is 33.8 Å². The predicted octanol–water partition coefficient (Wildman–Crippen LogP) is 28.1. The highest BCUT2D eigenvalue weighted by Crippen LogP contribution is 2.45. The Hall–Kier alpha value is -1.94. The molecule has 3 N–H and O–H groups in total. The molecular weight excluding hydrogens is 1410 g/mol. The van der Waals surface area contributed by atoms with Gasteiger partial charge in [0.15, 0.2) is 12.2 Å². The lowest BCUT2D eigenvalue weighted by molar-refractivity contribution is -0.161. The summed E-state index contributed by atoms with van der Waals surface area (Å²) in [6.07, 6.45) is 80.5. The Bertz CT molecular complexity index is 2050. The summed E-state index contributed by atoms with van der Waals surface area (Å²) in [5, 5.41) is 10.7. The molecule has 0 saturated heterocycles. The van der Waals surface area contributed by atoms with Gasteiger partial charge in [0.25, 0.3) is 0 Å². The maximum Gasteiger partial charge on any atom is 0.472 e. The molecule has 17 nitrogen and oxygen atoms in total. The van der Waals surface area contributed by atoms with Gasteiger partial charge in [-0.15, -0.1) is 0 Å². The van der Waals surface area contributed by atoms with Crippen molar-refractivity contribution >= 4 is 39.5 Å². The van der Waals surface area contributed by atoms with Crippen LogP contribution in [0.25, 0.3) is 0 Å². The third-order valence-corrected chi connectivity index (χ3v) is 23.3. The fourth-order valence-corrected chi connectivity index (χ4v) is 15.8. The van der Waals surface area contributed by atoms with Crippen LogP contribution in [0.2, 0.25) is 0 Å². The number of unbranched alkanes of at least 4 members (excludes halogenated alkanes) is 65. The van der Waals surface area contributed by atoms with Crippen molar-refractivity contribution in [3.63, 3.8) is 0 Å². The molecule has 0 aliphatic heterocycles. The minimum atomic E-state index is -4.97. The third-order valence-electron chi connectivity index (χ3n) is 21.4. The molecule has 0 fully saturated rings. The van der Waals surface area contributed by atoms with Gasteiger partial charge in [0.05, 0.1) is 26.4 Å². The second-order valence-electron chi connectivity index (χ2n) is 32.3. The average molecular weight is 1590 g/mol. The molecule has 0 spiro atoms. The minimum Gasteiger partial charge on any atom is -0.462 e. The van der Waals surface area contributed by atoms with E-state index in [2.05, 4.69) is 27.7 Å². The predicted molar refractivity (Wildman–Crippen MR) is 451 cm³/mol. The van der Waals surface area contributed by atoms with Crippen molar-refractivity contribution in [3.8, 4) is 0 Å². The second-order valence-corrected chi connectivity index (χ2v) is 35.3. The lowest BCUT2D eigenvalue weighted by Crippen LogP contribution is -2.30. The van der Waals surface area contributed by atoms with E-state index in [1.807, 2.05) is 0 Å². The molecule has 0 aromatic carbocycles. The van der Waals surface area contributed by atoms with Crippen molar-refractivity contribution in [2.45, 2.75) is 515 Å². The minimum absolute atomic E-state index is 0.110. The van der Waals surface area contributed by atoms with E-state index in [1.165, 1.54) is 327 Å². The molecule has 0 aliphatic rings. The fraction of sp³-hybridized carbons (Fsp3) is 0.956. The molecule has 0 bridgehead atoms. The zero-order valence-electron chi connectivity index (χ0n) is 71.5. The number of carbonyl (C=O) groups is 4. The zero-order valence-corrected chi connectivity index (χ0v) is 73.3. The van der Waals surface area contributed by atoms with Crippen LogP contribution in [0.15, 0.2) is 0 Å². The van der Waals surface area contributed by atoms with Crippen LogP contribution in [-0.4, -0.2) is 96.7 Å². The molecule has 0 aliphatic carbocycles. The van der Waals surface area contributed by atoms with Crippen LogP contribution in [0.4, 0.5) is 0 Å². The SMILES string of the molecule is CCCCCCCCCCCCCCCCCCCCCCCC(=O)O[C@H](COC(=O)CCCCCCCCCCCCCCCCCCCCC)COP(=O)(O)OC[C@@H](O)COP(=O)(O)OC[C@@H](COC(=O)CCCCCCCCCCCCCCC)OC(=O)CCCCCCCCCCCCCCCCCC. The number of carbonyl (C=O) groups excluding carboxylic acids is 4. The second kappa shape index (κ2) is 84.0. The summed E-state index contributed by atoms with van der Waals surface area (Å²) in [4.78, 5) is 73.4. The Kier molecular flexibility index (Phi) is 82.5. The summed E-state index contributed by atoms with van der Waals surface area (Å²) in [7, 11) is -9.93. The molecule has 0 saturated carbocycles. The van der Waals surface area contributed by atoms with Gasteiger partial charge >= 0.3 is 39.5 Å². The topological polar surface area (TPSA) is 237 Å². The standard InChI is InChI=1S/C90H176O17P2/c1-5-9-13-17-21-25-29-33-36-39-41-42-44-46-49-53-57-61-65-69-73-77-90(95)107-86(81-101-88(93)75-71-67-63-59-55-51-48-45-43-40-37-34-30-26-22-18-14-10-6-2)83-105-109(98,99)103-79-84(91)78-102-108(96,97)104-82-85(80-100-87(92)74-70-66-62-58-54-50-32-28-24-20-16-12-8-4)106-89(94)76-72-68-64-60-56-52-47-38-35-31-27-23-19-15-11-7-3/h84-86,91H,5-83H2,1-4H3,(H,96,97)(H,98,99)/t84-,85+,86+/m0/s1. The van der Waals surface area contributed by atoms with Gasteiger partial charge in [0.1, 0.15) is 19.3 Å². The van der Waals surface area contributed by atoms with Crippen LogP contribution >= 0.6 is 15.6 Å². The first-order chi connectivity index (χ1) is 53.2. The van der Waals surface area contributed by atoms with Crippen molar-refractivity contribution in [2.75, 3.05) is 39.6 Å². The van der Waals surface area contributed by atoms with E-state index < -0.39 is 97.5 Å². The van der Waals surface area contributed by atoms with Gasteiger partial charge in [-0.2, -0.15) is 0 Å². The fourth-order valence-electron chi connectivity index (χ4n) is 14.2. The van der Waals surface area contributed by atoms with Gasteiger partial charge in [-0.3, -0.25) is 37.3 Å². The van der Waals surface area contributed by atoms with Crippen LogP contribution < -0.4 is 0 Å². The highest BCUT2D eigenvalue weighted by atomic mass is 31.2.